The number of rotatable bonds is 6. The first kappa shape index (κ1) is 14.5. The third-order valence-electron chi connectivity index (χ3n) is 2.17. The predicted molar refractivity (Wildman–Crippen MR) is 73.1 cm³/mol. The Morgan fingerprint density at radius 2 is 1.94 bits per heavy atom. The number of hydrogen-bond acceptors (Lipinski definition) is 4. The summed E-state index contributed by atoms with van der Waals surface area (Å²) in [4.78, 5) is 22.8. The molecule has 0 bridgehead atoms. The Bertz CT molecular complexity index is 438. The van der Waals surface area contributed by atoms with E-state index in [9.17, 15) is 9.59 Å². The molecule has 1 aromatic rings. The lowest BCUT2D eigenvalue weighted by Crippen LogP contribution is -2.13. The highest BCUT2D eigenvalue weighted by Gasteiger charge is 2.14. The zero-order valence-electron chi connectivity index (χ0n) is 10.5. The molecule has 0 spiro atoms. The molecule has 0 fully saturated rings. The first-order valence-electron chi connectivity index (χ1n) is 5.69. The number of carbonyl (C=O) groups excluding carboxylic acids is 2. The van der Waals surface area contributed by atoms with E-state index in [0.717, 1.165) is 11.3 Å². The molecular formula is C14H16O3S. The summed E-state index contributed by atoms with van der Waals surface area (Å²) in [6.07, 6.45) is 0. The van der Waals surface area contributed by atoms with Crippen molar-refractivity contribution in [2.24, 2.45) is 0 Å². The number of ketones is 1. The van der Waals surface area contributed by atoms with Gasteiger partial charge >= 0.3 is 5.97 Å². The number of hydrogen-bond donors (Lipinski definition) is 0. The Morgan fingerprint density at radius 3 is 2.50 bits per heavy atom. The van der Waals surface area contributed by atoms with Crippen LogP contribution in [-0.4, -0.2) is 18.4 Å². The summed E-state index contributed by atoms with van der Waals surface area (Å²) in [7, 11) is 0. The summed E-state index contributed by atoms with van der Waals surface area (Å²) >= 11 is 1.41. The van der Waals surface area contributed by atoms with Crippen LogP contribution in [0.15, 0.2) is 41.3 Å². The molecule has 0 radical (unpaired) electrons. The molecule has 0 N–H and O–H groups in total. The van der Waals surface area contributed by atoms with Crippen molar-refractivity contribution in [3.8, 4) is 0 Å². The highest BCUT2D eigenvalue weighted by Crippen LogP contribution is 2.16. The molecule has 1 rings (SSSR count). The molecule has 0 unspecified atom stereocenters. The van der Waals surface area contributed by atoms with Crippen LogP contribution in [-0.2, 0) is 20.1 Å². The Balaban J connectivity index is 2.61. The predicted octanol–water partition coefficient (Wildman–Crippen LogP) is 2.96. The fraction of sp³-hybridized carbons (Fsp3) is 0.286. The van der Waals surface area contributed by atoms with Crippen molar-refractivity contribution in [3.05, 3.63) is 46.9 Å². The molecule has 0 heterocycles. The molecule has 1 aromatic carbocycles. The number of Topliss-reactive ketones (excluding diaryl/α,β-unsaturated/α-hetero) is 1. The van der Waals surface area contributed by atoms with Crippen LogP contribution < -0.4 is 0 Å². The average Bonchev–Trinajstić information content (AvgIpc) is 2.35. The average molecular weight is 264 g/mol. The number of thioether (sulfide) groups is 1. The van der Waals surface area contributed by atoms with E-state index in [4.69, 9.17) is 4.74 Å². The highest BCUT2D eigenvalue weighted by atomic mass is 32.2. The van der Waals surface area contributed by atoms with Crippen molar-refractivity contribution >= 4 is 23.5 Å². The lowest BCUT2D eigenvalue weighted by atomic mass is 10.2. The second-order valence-electron chi connectivity index (χ2n) is 3.60. The van der Waals surface area contributed by atoms with Crippen LogP contribution >= 0.6 is 11.8 Å². The van der Waals surface area contributed by atoms with Gasteiger partial charge in [-0.2, -0.15) is 0 Å². The fourth-order valence-corrected chi connectivity index (χ4v) is 2.18. The van der Waals surface area contributed by atoms with E-state index in [1.54, 1.807) is 12.3 Å². The van der Waals surface area contributed by atoms with Crippen molar-refractivity contribution in [1.82, 2.24) is 0 Å². The van der Waals surface area contributed by atoms with E-state index in [1.807, 2.05) is 30.3 Å². The minimum Gasteiger partial charge on any atom is -0.462 e. The van der Waals surface area contributed by atoms with Crippen LogP contribution in [0, 0.1) is 0 Å². The molecule has 0 saturated heterocycles. The van der Waals surface area contributed by atoms with E-state index in [0.29, 0.717) is 0 Å². The second kappa shape index (κ2) is 7.71. The maximum absolute atomic E-state index is 11.5. The first-order valence-corrected chi connectivity index (χ1v) is 6.73. The highest BCUT2D eigenvalue weighted by molar-refractivity contribution is 8.01. The molecular weight excluding hydrogens is 248 g/mol. The summed E-state index contributed by atoms with van der Waals surface area (Å²) in [5.41, 5.74) is 1.25. The molecule has 0 aromatic heterocycles. The molecule has 0 aliphatic rings. The van der Waals surface area contributed by atoms with Crippen LogP contribution in [0.5, 0.6) is 0 Å². The first-order chi connectivity index (χ1) is 8.65. The third kappa shape index (κ3) is 4.75. The van der Waals surface area contributed by atoms with Gasteiger partial charge in [-0.25, -0.2) is 4.79 Å². The lowest BCUT2D eigenvalue weighted by molar-refractivity contribution is -0.139. The van der Waals surface area contributed by atoms with Crippen LogP contribution in [0.4, 0.5) is 0 Å². The largest absolute Gasteiger partial charge is 0.462 e. The van der Waals surface area contributed by atoms with Crippen molar-refractivity contribution in [1.29, 1.82) is 0 Å². The standard InChI is InChI=1S/C14H16O3S/c1-3-17-14(16)13(11(2)15)10-18-9-12-7-5-4-6-8-12/h4-8,10H,3,9H2,1-2H3/b13-10+. The van der Waals surface area contributed by atoms with Crippen LogP contribution in [0.2, 0.25) is 0 Å². The van der Waals surface area contributed by atoms with E-state index < -0.39 is 5.97 Å². The van der Waals surface area contributed by atoms with Crippen LogP contribution in [0.3, 0.4) is 0 Å². The topological polar surface area (TPSA) is 43.4 Å². The van der Waals surface area contributed by atoms with Crippen molar-refractivity contribution < 1.29 is 14.3 Å². The molecule has 0 aliphatic carbocycles. The molecule has 96 valence electrons. The summed E-state index contributed by atoms with van der Waals surface area (Å²) in [6.45, 7) is 3.35. The SMILES string of the molecule is CCOC(=O)/C(=C/SCc1ccccc1)C(C)=O. The monoisotopic (exact) mass is 264 g/mol. The van der Waals surface area contributed by atoms with Gasteiger partial charge in [0.05, 0.1) is 6.61 Å². The van der Waals surface area contributed by atoms with Gasteiger partial charge in [-0.1, -0.05) is 30.3 Å². The third-order valence-corrected chi connectivity index (χ3v) is 3.07. The maximum atomic E-state index is 11.5. The van der Waals surface area contributed by atoms with Gasteiger partial charge in [-0.05, 0) is 24.8 Å². The van der Waals surface area contributed by atoms with Gasteiger partial charge in [-0.3, -0.25) is 4.79 Å². The van der Waals surface area contributed by atoms with Crippen molar-refractivity contribution in [3.63, 3.8) is 0 Å². The Morgan fingerprint density at radius 1 is 1.28 bits per heavy atom. The molecule has 0 amide bonds. The summed E-state index contributed by atoms with van der Waals surface area (Å²) in [5.74, 6) is -0.101. The Kier molecular flexibility index (Phi) is 6.22. The van der Waals surface area contributed by atoms with E-state index in [-0.39, 0.29) is 18.0 Å². The fourth-order valence-electron chi connectivity index (χ4n) is 1.28. The molecule has 3 nitrogen and oxygen atoms in total. The van der Waals surface area contributed by atoms with E-state index >= 15 is 0 Å². The van der Waals surface area contributed by atoms with Gasteiger partial charge in [0.15, 0.2) is 5.78 Å². The number of carbonyl (C=O) groups is 2. The maximum Gasteiger partial charge on any atom is 0.342 e. The Hall–Kier alpha value is -1.55. The summed E-state index contributed by atoms with van der Waals surface area (Å²) in [6, 6.07) is 9.86. The zero-order valence-corrected chi connectivity index (χ0v) is 11.3. The lowest BCUT2D eigenvalue weighted by Gasteiger charge is -2.03. The quantitative estimate of drug-likeness (QED) is 0.343. The van der Waals surface area contributed by atoms with Crippen molar-refractivity contribution in [2.75, 3.05) is 6.61 Å². The number of benzene rings is 1. The van der Waals surface area contributed by atoms with Gasteiger partial charge in [0.2, 0.25) is 0 Å². The van der Waals surface area contributed by atoms with Gasteiger partial charge in [0.25, 0.3) is 0 Å². The molecule has 0 atom stereocenters. The summed E-state index contributed by atoms with van der Waals surface area (Å²) < 4.78 is 4.83. The van der Waals surface area contributed by atoms with E-state index in [2.05, 4.69) is 0 Å². The van der Waals surface area contributed by atoms with Gasteiger partial charge in [-0.15, -0.1) is 11.8 Å². The van der Waals surface area contributed by atoms with Gasteiger partial charge in [0, 0.05) is 5.75 Å². The summed E-state index contributed by atoms with van der Waals surface area (Å²) in [5, 5.41) is 1.58. The molecule has 0 saturated carbocycles. The normalized spacial score (nSPS) is 11.1. The number of ether oxygens (including phenoxy) is 1. The smallest absolute Gasteiger partial charge is 0.342 e. The minimum atomic E-state index is -0.550. The van der Waals surface area contributed by atoms with Gasteiger partial charge < -0.3 is 4.74 Å². The zero-order chi connectivity index (χ0) is 13.4. The molecule has 18 heavy (non-hydrogen) atoms. The molecule has 4 heteroatoms. The Labute approximate surface area is 111 Å². The molecule has 0 aliphatic heterocycles. The van der Waals surface area contributed by atoms with Gasteiger partial charge in [0.1, 0.15) is 5.57 Å². The van der Waals surface area contributed by atoms with Crippen LogP contribution in [0.25, 0.3) is 0 Å². The van der Waals surface area contributed by atoms with E-state index in [1.165, 1.54) is 18.7 Å². The second-order valence-corrected chi connectivity index (χ2v) is 4.46. The van der Waals surface area contributed by atoms with Crippen molar-refractivity contribution in [2.45, 2.75) is 19.6 Å². The van der Waals surface area contributed by atoms with Crippen LogP contribution in [0.1, 0.15) is 19.4 Å². The number of esters is 1. The minimum absolute atomic E-state index is 0.109.